The van der Waals surface area contributed by atoms with Crippen molar-refractivity contribution in [2.24, 2.45) is 11.3 Å². The van der Waals surface area contributed by atoms with Crippen LogP contribution in [0.1, 0.15) is 78.8 Å². The molecule has 9 heteroatoms. The van der Waals surface area contributed by atoms with Crippen LogP contribution < -0.4 is 0 Å². The van der Waals surface area contributed by atoms with Crippen molar-refractivity contribution in [1.29, 1.82) is 0 Å². The number of oxazole rings is 1. The first-order chi connectivity index (χ1) is 17.8. The zero-order valence-electron chi connectivity index (χ0n) is 23.6. The lowest BCUT2D eigenvalue weighted by molar-refractivity contribution is -0.155. The van der Waals surface area contributed by atoms with Crippen LogP contribution in [0.2, 0.25) is 0 Å². The lowest BCUT2D eigenvalue weighted by Gasteiger charge is -2.35. The Kier molecular flexibility index (Phi) is 9.73. The number of aromatic nitrogens is 1. The van der Waals surface area contributed by atoms with Crippen LogP contribution in [0.25, 0.3) is 6.08 Å². The monoisotopic (exact) mass is 533 g/mol. The van der Waals surface area contributed by atoms with Gasteiger partial charge in [0.2, 0.25) is 0 Å². The van der Waals surface area contributed by atoms with Gasteiger partial charge < -0.3 is 28.8 Å². The van der Waals surface area contributed by atoms with Gasteiger partial charge in [-0.25, -0.2) is 4.98 Å². The molecule has 2 fully saturated rings. The van der Waals surface area contributed by atoms with Crippen molar-refractivity contribution in [2.45, 2.75) is 110 Å². The van der Waals surface area contributed by atoms with Crippen molar-refractivity contribution in [3.8, 4) is 0 Å². The van der Waals surface area contributed by atoms with Gasteiger partial charge in [0.25, 0.3) is 0 Å². The van der Waals surface area contributed by atoms with Crippen molar-refractivity contribution >= 4 is 17.8 Å². The van der Waals surface area contributed by atoms with Gasteiger partial charge >= 0.3 is 5.97 Å². The number of carbonyl (C=O) groups excluding carboxylic acids is 2. The number of ether oxygens (including phenoxy) is 3. The smallest absolute Gasteiger partial charge is 0.309 e. The maximum absolute atomic E-state index is 13.6. The summed E-state index contributed by atoms with van der Waals surface area (Å²) in [4.78, 5) is 31.0. The van der Waals surface area contributed by atoms with Crippen molar-refractivity contribution in [1.82, 2.24) is 4.98 Å². The maximum Gasteiger partial charge on any atom is 0.309 e. The zero-order chi connectivity index (χ0) is 28.3. The molecule has 0 aromatic carbocycles. The van der Waals surface area contributed by atoms with Gasteiger partial charge in [0.15, 0.2) is 5.89 Å². The molecular weight excluding hydrogens is 490 g/mol. The maximum atomic E-state index is 13.6. The third-order valence-electron chi connectivity index (χ3n) is 7.92. The highest BCUT2D eigenvalue weighted by Crippen LogP contribution is 2.43. The standard InChI is InChI=1S/C29H43NO8/c1-8-9-10-21-26(33)18(3)35-12-11-29(7)24(38-29)14-22(17(2)13-20-16-36-19(4)30-20)37-25(32)15-23(31)28(5,6)27(21)34/h8-9,13,16,18,21-24,26,31,33H,10-12,14-15H2,1-7H3/t18-,21-,22+,23+,24+,26-,29-/m1/s1. The van der Waals surface area contributed by atoms with Crippen LogP contribution in [-0.4, -0.2) is 69.7 Å². The summed E-state index contributed by atoms with van der Waals surface area (Å²) in [6, 6.07) is 0. The second-order valence-electron chi connectivity index (χ2n) is 11.3. The molecule has 0 radical (unpaired) electrons. The minimum atomic E-state index is -1.31. The number of Topliss-reactive ketones (excluding diaryl/α,β-unsaturated/α-hetero) is 1. The average Bonchev–Trinajstić information content (AvgIpc) is 3.29. The summed E-state index contributed by atoms with van der Waals surface area (Å²) in [6.07, 6.45) is 4.11. The number of esters is 1. The van der Waals surface area contributed by atoms with Gasteiger partial charge in [-0.15, -0.1) is 0 Å². The fourth-order valence-electron chi connectivity index (χ4n) is 4.92. The van der Waals surface area contributed by atoms with Gasteiger partial charge in [-0.05, 0) is 45.8 Å². The van der Waals surface area contributed by atoms with E-state index in [2.05, 4.69) is 4.98 Å². The van der Waals surface area contributed by atoms with E-state index in [1.54, 1.807) is 33.8 Å². The third-order valence-corrected chi connectivity index (χ3v) is 7.92. The number of aliphatic hydroxyl groups is 2. The summed E-state index contributed by atoms with van der Waals surface area (Å²) in [6.45, 7) is 12.7. The number of aliphatic hydroxyl groups excluding tert-OH is 2. The van der Waals surface area contributed by atoms with Crippen molar-refractivity contribution < 1.29 is 38.4 Å². The number of aryl methyl sites for hydroxylation is 1. The number of carbonyl (C=O) groups is 2. The van der Waals surface area contributed by atoms with E-state index >= 15 is 0 Å². The van der Waals surface area contributed by atoms with Crippen LogP contribution in [-0.2, 0) is 23.8 Å². The summed E-state index contributed by atoms with van der Waals surface area (Å²) in [5.74, 6) is -1.24. The molecule has 3 rings (SSSR count). The van der Waals surface area contributed by atoms with E-state index in [0.717, 1.165) is 5.57 Å². The molecule has 3 heterocycles. The Morgan fingerprint density at radius 2 is 1.95 bits per heavy atom. The molecule has 0 saturated carbocycles. The minimum absolute atomic E-state index is 0.162. The predicted octanol–water partition coefficient (Wildman–Crippen LogP) is 3.94. The van der Waals surface area contributed by atoms with Crippen LogP contribution >= 0.6 is 0 Å². The van der Waals surface area contributed by atoms with Gasteiger partial charge in [-0.3, -0.25) is 9.59 Å². The van der Waals surface area contributed by atoms with Gasteiger partial charge in [-0.1, -0.05) is 26.0 Å². The van der Waals surface area contributed by atoms with Crippen LogP contribution in [0.3, 0.4) is 0 Å². The van der Waals surface area contributed by atoms with Crippen LogP contribution in [0.5, 0.6) is 0 Å². The number of allylic oxidation sites excluding steroid dienone is 2. The number of fused-ring (bicyclic) bond motifs is 1. The topological polar surface area (TPSA) is 132 Å². The highest BCUT2D eigenvalue weighted by Gasteiger charge is 2.53. The Morgan fingerprint density at radius 3 is 2.58 bits per heavy atom. The SMILES string of the molecule is CC=CC[C@H]1C(=O)C(C)(C)[C@@H](O)CC(=O)O[C@H](C(C)=Cc2coc(C)n2)C[C@@H]2O[C@]2(C)CCO[C@H](C)[C@H]1O. The van der Waals surface area contributed by atoms with Crippen LogP contribution in [0.15, 0.2) is 28.4 Å². The summed E-state index contributed by atoms with van der Waals surface area (Å²) < 4.78 is 23.1. The van der Waals surface area contributed by atoms with Crippen molar-refractivity contribution in [3.63, 3.8) is 0 Å². The summed E-state index contributed by atoms with van der Waals surface area (Å²) >= 11 is 0. The lowest BCUT2D eigenvalue weighted by atomic mass is 9.72. The molecule has 7 atom stereocenters. The normalized spacial score (nSPS) is 35.7. The van der Waals surface area contributed by atoms with Crippen LogP contribution in [0.4, 0.5) is 0 Å². The second-order valence-corrected chi connectivity index (χ2v) is 11.3. The van der Waals surface area contributed by atoms with E-state index in [4.69, 9.17) is 18.6 Å². The molecule has 212 valence electrons. The molecule has 0 unspecified atom stereocenters. The first-order valence-electron chi connectivity index (χ1n) is 13.4. The number of epoxide rings is 1. The van der Waals surface area contributed by atoms with Crippen LogP contribution in [0, 0.1) is 18.3 Å². The minimum Gasteiger partial charge on any atom is -0.458 e. The molecule has 2 N–H and O–H groups in total. The summed E-state index contributed by atoms with van der Waals surface area (Å²) in [5.41, 5.74) is -0.393. The molecule has 38 heavy (non-hydrogen) atoms. The summed E-state index contributed by atoms with van der Waals surface area (Å²) in [5, 5.41) is 22.1. The number of ketones is 1. The van der Waals surface area contributed by atoms with Crippen molar-refractivity contribution in [2.75, 3.05) is 6.61 Å². The lowest BCUT2D eigenvalue weighted by Crippen LogP contribution is -2.48. The quantitative estimate of drug-likeness (QED) is 0.335. The number of hydrogen-bond donors (Lipinski definition) is 2. The fourth-order valence-corrected chi connectivity index (χ4v) is 4.92. The molecule has 2 aliphatic heterocycles. The van der Waals surface area contributed by atoms with E-state index in [1.807, 2.05) is 32.9 Å². The zero-order valence-corrected chi connectivity index (χ0v) is 23.6. The highest BCUT2D eigenvalue weighted by molar-refractivity contribution is 5.88. The summed E-state index contributed by atoms with van der Waals surface area (Å²) in [7, 11) is 0. The highest BCUT2D eigenvalue weighted by atomic mass is 16.6. The Balaban J connectivity index is 1.89. The molecule has 9 nitrogen and oxygen atoms in total. The van der Waals surface area contributed by atoms with E-state index in [9.17, 15) is 19.8 Å². The van der Waals surface area contributed by atoms with E-state index in [-0.39, 0.29) is 18.3 Å². The molecule has 0 amide bonds. The van der Waals surface area contributed by atoms with Crippen molar-refractivity contribution in [3.05, 3.63) is 35.6 Å². The first kappa shape index (κ1) is 30.2. The number of hydrogen-bond acceptors (Lipinski definition) is 9. The van der Waals surface area contributed by atoms with Gasteiger partial charge in [0.1, 0.15) is 23.8 Å². The molecule has 2 saturated heterocycles. The third kappa shape index (κ3) is 7.20. The molecule has 0 aliphatic carbocycles. The first-order valence-corrected chi connectivity index (χ1v) is 13.4. The largest absolute Gasteiger partial charge is 0.458 e. The number of cyclic esters (lactones) is 1. The molecule has 1 aromatic heterocycles. The second kappa shape index (κ2) is 12.2. The molecule has 1 aromatic rings. The van der Waals surface area contributed by atoms with Gasteiger partial charge in [-0.2, -0.15) is 0 Å². The predicted molar refractivity (Wildman–Crippen MR) is 141 cm³/mol. The Morgan fingerprint density at radius 1 is 1.24 bits per heavy atom. The van der Waals surface area contributed by atoms with E-state index in [1.165, 1.54) is 6.26 Å². The molecular formula is C29H43NO8. The average molecular weight is 534 g/mol. The fraction of sp³-hybridized carbons (Fsp3) is 0.690. The van der Waals surface area contributed by atoms with Gasteiger partial charge in [0, 0.05) is 26.4 Å². The van der Waals surface area contributed by atoms with Gasteiger partial charge in [0.05, 0.1) is 47.8 Å². The van der Waals surface area contributed by atoms with E-state index < -0.39 is 47.3 Å². The Hall–Kier alpha value is -2.33. The number of rotatable bonds is 4. The Labute approximate surface area is 225 Å². The molecule has 0 spiro atoms. The molecule has 2 aliphatic rings. The Bertz CT molecular complexity index is 1040. The van der Waals surface area contributed by atoms with E-state index in [0.29, 0.717) is 37.5 Å². The molecule has 0 bridgehead atoms. The number of nitrogens with zero attached hydrogens (tertiary/aromatic N) is 1.